The van der Waals surface area contributed by atoms with Crippen molar-refractivity contribution < 1.29 is 9.59 Å². The van der Waals surface area contributed by atoms with Crippen molar-refractivity contribution in [2.45, 2.75) is 45.6 Å². The fourth-order valence-electron chi connectivity index (χ4n) is 4.00. The summed E-state index contributed by atoms with van der Waals surface area (Å²) in [7, 11) is 0. The summed E-state index contributed by atoms with van der Waals surface area (Å²) in [6, 6.07) is 0.252. The van der Waals surface area contributed by atoms with Gasteiger partial charge in [-0.25, -0.2) is 4.98 Å². The van der Waals surface area contributed by atoms with Crippen molar-refractivity contribution in [3.05, 3.63) is 15.6 Å². The summed E-state index contributed by atoms with van der Waals surface area (Å²) < 4.78 is 0. The second-order valence-electron chi connectivity index (χ2n) is 6.78. The number of carbonyl (C=O) groups excluding carboxylic acids is 2. The standard InChI is InChI=1S/C17H26N4O2S/c1-11-14(19-12(2)24-11)9-17(23)20-7-5-15-13(10-20)3-4-16(22)21(15)8-6-18/h13,15H,3-10,18H2,1-2H3/t13-,15+/m0/s1. The molecule has 6 nitrogen and oxygen atoms in total. The number of likely N-dealkylation sites (tertiary alicyclic amines) is 2. The van der Waals surface area contributed by atoms with E-state index in [0.29, 0.717) is 31.8 Å². The smallest absolute Gasteiger partial charge is 0.228 e. The van der Waals surface area contributed by atoms with Gasteiger partial charge in [0.2, 0.25) is 11.8 Å². The Morgan fingerprint density at radius 1 is 1.38 bits per heavy atom. The number of amides is 2. The van der Waals surface area contributed by atoms with Crippen LogP contribution in [0.3, 0.4) is 0 Å². The fraction of sp³-hybridized carbons (Fsp3) is 0.706. The fourth-order valence-corrected chi connectivity index (χ4v) is 4.83. The number of hydrogen-bond acceptors (Lipinski definition) is 5. The zero-order valence-corrected chi connectivity index (χ0v) is 15.3. The monoisotopic (exact) mass is 350 g/mol. The molecule has 3 rings (SSSR count). The first-order valence-corrected chi connectivity index (χ1v) is 9.51. The lowest BCUT2D eigenvalue weighted by Crippen LogP contribution is -2.57. The van der Waals surface area contributed by atoms with Crippen LogP contribution in [0.2, 0.25) is 0 Å². The Kier molecular flexibility index (Phi) is 5.20. The molecule has 2 amide bonds. The minimum atomic E-state index is 0.157. The molecular weight excluding hydrogens is 324 g/mol. The highest BCUT2D eigenvalue weighted by Crippen LogP contribution is 2.31. The normalized spacial score (nSPS) is 24.2. The molecule has 132 valence electrons. The van der Waals surface area contributed by atoms with Gasteiger partial charge in [0.1, 0.15) is 0 Å². The number of aromatic nitrogens is 1. The number of thiazole rings is 1. The van der Waals surface area contributed by atoms with Gasteiger partial charge in [0.25, 0.3) is 0 Å². The predicted octanol–water partition coefficient (Wildman–Crippen LogP) is 1.10. The highest BCUT2D eigenvalue weighted by atomic mass is 32.1. The Labute approximate surface area is 147 Å². The van der Waals surface area contributed by atoms with Gasteiger partial charge in [0.05, 0.1) is 17.1 Å². The number of piperidine rings is 2. The number of rotatable bonds is 4. The van der Waals surface area contributed by atoms with Crippen molar-refractivity contribution in [3.63, 3.8) is 0 Å². The number of hydrogen-bond donors (Lipinski definition) is 1. The minimum Gasteiger partial charge on any atom is -0.342 e. The SMILES string of the molecule is Cc1nc(CC(=O)N2CC[C@@H]3[C@@H](CCC(=O)N3CCN)C2)c(C)s1. The van der Waals surface area contributed by atoms with E-state index in [1.165, 1.54) is 0 Å². The first-order chi connectivity index (χ1) is 11.5. The van der Waals surface area contributed by atoms with Crippen LogP contribution in [0.15, 0.2) is 0 Å². The topological polar surface area (TPSA) is 79.5 Å². The molecule has 0 aromatic carbocycles. The van der Waals surface area contributed by atoms with E-state index in [9.17, 15) is 9.59 Å². The van der Waals surface area contributed by atoms with Gasteiger partial charge in [-0.2, -0.15) is 0 Å². The van der Waals surface area contributed by atoms with Crippen molar-refractivity contribution in [3.8, 4) is 0 Å². The van der Waals surface area contributed by atoms with Crippen LogP contribution in [0, 0.1) is 19.8 Å². The maximum absolute atomic E-state index is 12.7. The maximum Gasteiger partial charge on any atom is 0.228 e. The van der Waals surface area contributed by atoms with Crippen LogP contribution in [0.25, 0.3) is 0 Å². The molecular formula is C17H26N4O2S. The second kappa shape index (κ2) is 7.19. The van der Waals surface area contributed by atoms with Gasteiger partial charge in [-0.1, -0.05) is 0 Å². The number of fused-ring (bicyclic) bond motifs is 1. The molecule has 2 aliphatic rings. The zero-order chi connectivity index (χ0) is 17.3. The summed E-state index contributed by atoms with van der Waals surface area (Å²) in [6.45, 7) is 6.60. The van der Waals surface area contributed by atoms with Gasteiger partial charge >= 0.3 is 0 Å². The molecule has 2 N–H and O–H groups in total. The molecule has 3 heterocycles. The number of nitrogens with zero attached hydrogens (tertiary/aromatic N) is 3. The molecule has 0 radical (unpaired) electrons. The lowest BCUT2D eigenvalue weighted by Gasteiger charge is -2.47. The summed E-state index contributed by atoms with van der Waals surface area (Å²) in [6.07, 6.45) is 2.70. The van der Waals surface area contributed by atoms with Crippen molar-refractivity contribution in [1.82, 2.24) is 14.8 Å². The van der Waals surface area contributed by atoms with Gasteiger partial charge in [-0.15, -0.1) is 11.3 Å². The van der Waals surface area contributed by atoms with Crippen molar-refractivity contribution in [2.24, 2.45) is 11.7 Å². The molecule has 2 fully saturated rings. The molecule has 7 heteroatoms. The third-order valence-corrected chi connectivity index (χ3v) is 6.11. The van der Waals surface area contributed by atoms with E-state index < -0.39 is 0 Å². The van der Waals surface area contributed by atoms with E-state index in [-0.39, 0.29) is 17.9 Å². The summed E-state index contributed by atoms with van der Waals surface area (Å²) in [5, 5.41) is 1.01. The van der Waals surface area contributed by atoms with Crippen LogP contribution >= 0.6 is 11.3 Å². The van der Waals surface area contributed by atoms with Gasteiger partial charge in [0.15, 0.2) is 0 Å². The molecule has 0 saturated carbocycles. The highest BCUT2D eigenvalue weighted by molar-refractivity contribution is 7.11. The Balaban J connectivity index is 1.63. The van der Waals surface area contributed by atoms with E-state index in [1.54, 1.807) is 11.3 Å². The average molecular weight is 350 g/mol. The van der Waals surface area contributed by atoms with E-state index in [4.69, 9.17) is 5.73 Å². The largest absolute Gasteiger partial charge is 0.342 e. The molecule has 2 aliphatic heterocycles. The van der Waals surface area contributed by atoms with Crippen LogP contribution in [0.5, 0.6) is 0 Å². The summed E-state index contributed by atoms with van der Waals surface area (Å²) >= 11 is 1.64. The lowest BCUT2D eigenvalue weighted by molar-refractivity contribution is -0.143. The molecule has 0 aliphatic carbocycles. The third kappa shape index (κ3) is 3.47. The van der Waals surface area contributed by atoms with Crippen LogP contribution in [0.1, 0.15) is 34.8 Å². The molecule has 1 aromatic heterocycles. The third-order valence-electron chi connectivity index (χ3n) is 5.18. The Morgan fingerprint density at radius 3 is 2.83 bits per heavy atom. The van der Waals surface area contributed by atoms with Crippen molar-refractivity contribution in [1.29, 1.82) is 0 Å². The van der Waals surface area contributed by atoms with Gasteiger partial charge in [0, 0.05) is 43.5 Å². The number of aryl methyl sites for hydroxylation is 2. The average Bonchev–Trinajstić information content (AvgIpc) is 2.87. The lowest BCUT2D eigenvalue weighted by atomic mass is 9.83. The van der Waals surface area contributed by atoms with Crippen LogP contribution in [-0.4, -0.2) is 58.8 Å². The van der Waals surface area contributed by atoms with Crippen LogP contribution in [0.4, 0.5) is 0 Å². The molecule has 2 atom stereocenters. The highest BCUT2D eigenvalue weighted by Gasteiger charge is 2.39. The Bertz CT molecular complexity index is 630. The van der Waals surface area contributed by atoms with Crippen LogP contribution < -0.4 is 5.73 Å². The number of carbonyl (C=O) groups is 2. The van der Waals surface area contributed by atoms with E-state index in [2.05, 4.69) is 4.98 Å². The summed E-state index contributed by atoms with van der Waals surface area (Å²) in [4.78, 5) is 34.3. The van der Waals surface area contributed by atoms with E-state index in [0.717, 1.165) is 41.5 Å². The van der Waals surface area contributed by atoms with Gasteiger partial charge in [-0.3, -0.25) is 9.59 Å². The molecule has 0 bridgehead atoms. The molecule has 0 unspecified atom stereocenters. The molecule has 1 aromatic rings. The van der Waals surface area contributed by atoms with Gasteiger partial charge in [-0.05, 0) is 32.6 Å². The molecule has 24 heavy (non-hydrogen) atoms. The van der Waals surface area contributed by atoms with E-state index >= 15 is 0 Å². The zero-order valence-electron chi connectivity index (χ0n) is 14.5. The molecule has 2 saturated heterocycles. The quantitative estimate of drug-likeness (QED) is 0.882. The summed E-state index contributed by atoms with van der Waals surface area (Å²) in [5.74, 6) is 0.754. The summed E-state index contributed by atoms with van der Waals surface area (Å²) in [5.41, 5.74) is 6.57. The van der Waals surface area contributed by atoms with Crippen LogP contribution in [-0.2, 0) is 16.0 Å². The maximum atomic E-state index is 12.7. The predicted molar refractivity (Wildman–Crippen MR) is 93.8 cm³/mol. The van der Waals surface area contributed by atoms with E-state index in [1.807, 2.05) is 23.6 Å². The first kappa shape index (κ1) is 17.4. The minimum absolute atomic E-state index is 0.157. The number of nitrogens with two attached hydrogens (primary N) is 1. The van der Waals surface area contributed by atoms with Crippen molar-refractivity contribution >= 4 is 23.2 Å². The Morgan fingerprint density at radius 2 is 2.17 bits per heavy atom. The molecule has 0 spiro atoms. The first-order valence-electron chi connectivity index (χ1n) is 8.69. The van der Waals surface area contributed by atoms with Gasteiger partial charge < -0.3 is 15.5 Å². The Hall–Kier alpha value is -1.47. The van der Waals surface area contributed by atoms with Crippen molar-refractivity contribution in [2.75, 3.05) is 26.2 Å². The second-order valence-corrected chi connectivity index (χ2v) is 8.19.